The molecule has 1 aliphatic carbocycles. The van der Waals surface area contributed by atoms with E-state index in [-0.39, 0.29) is 0 Å². The van der Waals surface area contributed by atoms with E-state index in [4.69, 9.17) is 10.4 Å². The van der Waals surface area contributed by atoms with Gasteiger partial charge < -0.3 is 0 Å². The molecule has 15 heavy (non-hydrogen) atoms. The van der Waals surface area contributed by atoms with Crippen molar-refractivity contribution in [2.45, 2.75) is 51.0 Å². The first-order valence-electron chi connectivity index (χ1n) is 5.32. The summed E-state index contributed by atoms with van der Waals surface area (Å²) in [5, 5.41) is 0. The molecule has 5 nitrogen and oxygen atoms in total. The van der Waals surface area contributed by atoms with Crippen molar-refractivity contribution in [3.05, 3.63) is 0 Å². The highest BCUT2D eigenvalue weighted by molar-refractivity contribution is 7.85. The van der Waals surface area contributed by atoms with Crippen LogP contribution in [0.2, 0.25) is 0 Å². The first-order valence-corrected chi connectivity index (χ1v) is 7.17. The fraction of sp³-hybridized carbons (Fsp3) is 1.00. The third-order valence-electron chi connectivity index (χ3n) is 2.34. The lowest BCUT2D eigenvalue weighted by atomic mass is 9.97. The van der Waals surface area contributed by atoms with Gasteiger partial charge in [0.05, 0.1) is 6.26 Å². The fourth-order valence-electron chi connectivity index (χ4n) is 1.62. The molecule has 4 N–H and O–H groups in total. The third-order valence-corrected chi connectivity index (χ3v) is 2.34. The average molecular weight is 238 g/mol. The molecule has 1 saturated carbocycles. The molecule has 0 aromatic heterocycles. The molecule has 6 heteroatoms. The second-order valence-electron chi connectivity index (χ2n) is 3.94. The molecular formula is C9H22N2O3S. The third kappa shape index (κ3) is 13.8. The van der Waals surface area contributed by atoms with Crippen molar-refractivity contribution in [3.8, 4) is 0 Å². The molecule has 1 fully saturated rings. The molecule has 92 valence electrons. The van der Waals surface area contributed by atoms with Gasteiger partial charge in [0, 0.05) is 6.04 Å². The van der Waals surface area contributed by atoms with Gasteiger partial charge in [-0.15, -0.1) is 0 Å². The van der Waals surface area contributed by atoms with Crippen molar-refractivity contribution in [1.29, 1.82) is 0 Å². The Morgan fingerprint density at radius 2 is 1.47 bits per heavy atom. The Bertz CT molecular complexity index is 226. The molecule has 0 heterocycles. The molecule has 0 radical (unpaired) electrons. The minimum absolute atomic E-state index is 0.597. The summed E-state index contributed by atoms with van der Waals surface area (Å²) in [6.45, 7) is 0. The van der Waals surface area contributed by atoms with Crippen molar-refractivity contribution in [2.75, 3.05) is 6.26 Å². The van der Waals surface area contributed by atoms with Crippen molar-refractivity contribution in [2.24, 2.45) is 5.84 Å². The maximum atomic E-state index is 9.19. The van der Waals surface area contributed by atoms with E-state index in [1.165, 1.54) is 44.9 Å². The summed E-state index contributed by atoms with van der Waals surface area (Å²) >= 11 is 0. The Balaban J connectivity index is 0.000000336. The van der Waals surface area contributed by atoms with E-state index in [1.807, 2.05) is 0 Å². The Labute approximate surface area is 92.1 Å². The van der Waals surface area contributed by atoms with E-state index in [0.717, 1.165) is 0 Å². The van der Waals surface area contributed by atoms with Crippen LogP contribution in [0.1, 0.15) is 44.9 Å². The first-order chi connectivity index (χ1) is 6.93. The number of nitrogens with two attached hydrogens (primary N) is 1. The molecule has 1 aliphatic rings. The highest BCUT2D eigenvalue weighted by atomic mass is 32.2. The SMILES string of the molecule is CS(=O)(=O)O.NNC1CCCCCCC1. The zero-order valence-corrected chi connectivity index (χ0v) is 10.1. The smallest absolute Gasteiger partial charge is 0.261 e. The Kier molecular flexibility index (Phi) is 7.95. The predicted octanol–water partition coefficient (Wildman–Crippen LogP) is 1.07. The van der Waals surface area contributed by atoms with Crippen molar-refractivity contribution in [3.63, 3.8) is 0 Å². The van der Waals surface area contributed by atoms with E-state index in [2.05, 4.69) is 5.43 Å². The highest BCUT2D eigenvalue weighted by Crippen LogP contribution is 2.16. The van der Waals surface area contributed by atoms with Crippen LogP contribution in [0.4, 0.5) is 0 Å². The van der Waals surface area contributed by atoms with Crippen LogP contribution in [0.15, 0.2) is 0 Å². The molecular weight excluding hydrogens is 216 g/mol. The fourth-order valence-corrected chi connectivity index (χ4v) is 1.62. The summed E-state index contributed by atoms with van der Waals surface area (Å²) in [5.41, 5.74) is 2.87. The van der Waals surface area contributed by atoms with Crippen LogP contribution in [0.25, 0.3) is 0 Å². The molecule has 0 aromatic rings. The van der Waals surface area contributed by atoms with Gasteiger partial charge in [-0.2, -0.15) is 8.42 Å². The summed E-state index contributed by atoms with van der Waals surface area (Å²) in [6.07, 6.45) is 10.2. The maximum absolute atomic E-state index is 9.19. The van der Waals surface area contributed by atoms with Crippen molar-refractivity contribution < 1.29 is 13.0 Å². The summed E-state index contributed by atoms with van der Waals surface area (Å²) in [5.74, 6) is 5.37. The maximum Gasteiger partial charge on any atom is 0.261 e. The zero-order chi connectivity index (χ0) is 11.7. The Morgan fingerprint density at radius 1 is 1.13 bits per heavy atom. The van der Waals surface area contributed by atoms with Gasteiger partial charge in [0.15, 0.2) is 0 Å². The largest absolute Gasteiger partial charge is 0.286 e. The second kappa shape index (κ2) is 8.04. The number of hydrazine groups is 1. The van der Waals surface area contributed by atoms with Gasteiger partial charge in [-0.3, -0.25) is 15.8 Å². The van der Waals surface area contributed by atoms with Gasteiger partial charge in [-0.05, 0) is 12.8 Å². The standard InChI is InChI=1S/C8H18N2.CH4O3S/c9-10-8-6-4-2-1-3-5-7-8;1-5(2,3)4/h8,10H,1-7,9H2;1H3,(H,2,3,4). The highest BCUT2D eigenvalue weighted by Gasteiger charge is 2.07. The van der Waals surface area contributed by atoms with Gasteiger partial charge in [0.2, 0.25) is 0 Å². The summed E-state index contributed by atoms with van der Waals surface area (Å²) in [6, 6.07) is 0.597. The van der Waals surface area contributed by atoms with E-state index in [0.29, 0.717) is 12.3 Å². The van der Waals surface area contributed by atoms with Crippen LogP contribution in [0.3, 0.4) is 0 Å². The van der Waals surface area contributed by atoms with E-state index in [9.17, 15) is 8.42 Å². The topological polar surface area (TPSA) is 92.4 Å². The normalized spacial score (nSPS) is 19.7. The van der Waals surface area contributed by atoms with Gasteiger partial charge in [0.25, 0.3) is 10.1 Å². The number of hydrogen-bond donors (Lipinski definition) is 3. The Morgan fingerprint density at radius 3 is 1.80 bits per heavy atom. The summed E-state index contributed by atoms with van der Waals surface area (Å²) < 4.78 is 25.9. The van der Waals surface area contributed by atoms with Gasteiger partial charge in [-0.1, -0.05) is 32.1 Å². The number of hydrogen-bond acceptors (Lipinski definition) is 4. The molecule has 1 rings (SSSR count). The molecule has 0 amide bonds. The molecule has 0 saturated heterocycles. The lowest BCUT2D eigenvalue weighted by Crippen LogP contribution is -2.35. The summed E-state index contributed by atoms with van der Waals surface area (Å²) in [7, 11) is -3.67. The van der Waals surface area contributed by atoms with Crippen LogP contribution in [0, 0.1) is 0 Å². The predicted molar refractivity (Wildman–Crippen MR) is 60.9 cm³/mol. The lowest BCUT2D eigenvalue weighted by Gasteiger charge is -2.17. The van der Waals surface area contributed by atoms with Crippen LogP contribution in [0.5, 0.6) is 0 Å². The summed E-state index contributed by atoms with van der Waals surface area (Å²) in [4.78, 5) is 0. The molecule has 0 aliphatic heterocycles. The quantitative estimate of drug-likeness (QED) is 0.361. The van der Waals surface area contributed by atoms with Crippen molar-refractivity contribution >= 4 is 10.1 Å². The Hall–Kier alpha value is -0.170. The first kappa shape index (κ1) is 14.8. The van der Waals surface area contributed by atoms with E-state index in [1.54, 1.807) is 0 Å². The van der Waals surface area contributed by atoms with Crippen LogP contribution in [-0.2, 0) is 10.1 Å². The molecule has 0 unspecified atom stereocenters. The molecule has 0 atom stereocenters. The van der Waals surface area contributed by atoms with Crippen molar-refractivity contribution in [1.82, 2.24) is 5.43 Å². The number of rotatable bonds is 1. The zero-order valence-electron chi connectivity index (χ0n) is 9.28. The monoisotopic (exact) mass is 238 g/mol. The molecule has 0 spiro atoms. The molecule has 0 aromatic carbocycles. The average Bonchev–Trinajstić information content (AvgIpc) is 2.00. The van der Waals surface area contributed by atoms with Crippen LogP contribution >= 0.6 is 0 Å². The minimum Gasteiger partial charge on any atom is -0.286 e. The van der Waals surface area contributed by atoms with Gasteiger partial charge in [0.1, 0.15) is 0 Å². The van der Waals surface area contributed by atoms with Gasteiger partial charge >= 0.3 is 0 Å². The van der Waals surface area contributed by atoms with E-state index < -0.39 is 10.1 Å². The lowest BCUT2D eigenvalue weighted by molar-refractivity contribution is 0.396. The van der Waals surface area contributed by atoms with Crippen LogP contribution < -0.4 is 11.3 Å². The van der Waals surface area contributed by atoms with Gasteiger partial charge in [-0.25, -0.2) is 0 Å². The number of nitrogens with one attached hydrogen (secondary N) is 1. The van der Waals surface area contributed by atoms with E-state index >= 15 is 0 Å². The van der Waals surface area contributed by atoms with Crippen LogP contribution in [-0.4, -0.2) is 25.3 Å². The minimum atomic E-state index is -3.67. The second-order valence-corrected chi connectivity index (χ2v) is 5.41. The molecule has 0 bridgehead atoms.